The second-order valence-corrected chi connectivity index (χ2v) is 4.55. The molecule has 0 saturated carbocycles. The normalized spacial score (nSPS) is 10.7. The fourth-order valence-corrected chi connectivity index (χ4v) is 2.22. The van der Waals surface area contributed by atoms with Crippen LogP contribution in [0.25, 0.3) is 0 Å². The first-order valence-electron chi connectivity index (χ1n) is 5.46. The molecule has 2 N–H and O–H groups in total. The molecule has 0 unspecified atom stereocenters. The molecular weight excluding hydrogens is 236 g/mol. The van der Waals surface area contributed by atoms with Gasteiger partial charge >= 0.3 is 0 Å². The molecule has 6 heteroatoms. The highest BCUT2D eigenvalue weighted by atomic mass is 32.1. The number of aromatic nitrogens is 3. The van der Waals surface area contributed by atoms with Crippen LogP contribution in [-0.2, 0) is 13.1 Å². The molecule has 0 aromatic carbocycles. The van der Waals surface area contributed by atoms with E-state index in [1.54, 1.807) is 11.6 Å². The van der Waals surface area contributed by atoms with E-state index in [0.29, 0.717) is 18.1 Å². The van der Waals surface area contributed by atoms with Gasteiger partial charge in [0.2, 0.25) is 5.78 Å². The predicted octanol–water partition coefficient (Wildman–Crippen LogP) is 1.44. The van der Waals surface area contributed by atoms with Crippen LogP contribution in [0.4, 0.5) is 0 Å². The highest BCUT2D eigenvalue weighted by molar-refractivity contribution is 7.09. The van der Waals surface area contributed by atoms with Gasteiger partial charge in [-0.1, -0.05) is 6.92 Å². The van der Waals surface area contributed by atoms with Crippen molar-refractivity contribution in [3.8, 4) is 0 Å². The summed E-state index contributed by atoms with van der Waals surface area (Å²) in [5.41, 5.74) is 5.91. The van der Waals surface area contributed by atoms with Crippen LogP contribution in [0.5, 0.6) is 0 Å². The van der Waals surface area contributed by atoms with Gasteiger partial charge in [-0.25, -0.2) is 9.97 Å². The summed E-state index contributed by atoms with van der Waals surface area (Å²) in [6.45, 7) is 3.21. The molecule has 0 bridgehead atoms. The summed E-state index contributed by atoms with van der Waals surface area (Å²) >= 11 is 1.40. The average molecular weight is 250 g/mol. The Morgan fingerprint density at radius 1 is 1.59 bits per heavy atom. The SMILES string of the molecule is CCCn1ccnc1C(=O)c1csc(CN)n1. The van der Waals surface area contributed by atoms with E-state index in [9.17, 15) is 4.79 Å². The number of hydrogen-bond acceptors (Lipinski definition) is 5. The first-order valence-corrected chi connectivity index (χ1v) is 6.34. The maximum Gasteiger partial charge on any atom is 0.247 e. The quantitative estimate of drug-likeness (QED) is 0.815. The van der Waals surface area contributed by atoms with Gasteiger partial charge in [-0.3, -0.25) is 4.79 Å². The number of hydrogen-bond donors (Lipinski definition) is 1. The number of rotatable bonds is 5. The van der Waals surface area contributed by atoms with Crippen molar-refractivity contribution in [3.05, 3.63) is 34.3 Å². The number of nitrogens with zero attached hydrogens (tertiary/aromatic N) is 3. The first kappa shape index (κ1) is 11.9. The van der Waals surface area contributed by atoms with Crippen LogP contribution in [-0.4, -0.2) is 20.3 Å². The monoisotopic (exact) mass is 250 g/mol. The fourth-order valence-electron chi connectivity index (χ4n) is 1.56. The Balaban J connectivity index is 2.27. The number of thiazole rings is 1. The lowest BCUT2D eigenvalue weighted by atomic mass is 10.3. The maximum absolute atomic E-state index is 12.2. The van der Waals surface area contributed by atoms with Crippen molar-refractivity contribution in [3.63, 3.8) is 0 Å². The van der Waals surface area contributed by atoms with Gasteiger partial charge in [0.15, 0.2) is 5.82 Å². The van der Waals surface area contributed by atoms with Gasteiger partial charge in [0.05, 0.1) is 0 Å². The number of ketones is 1. The molecule has 0 radical (unpaired) electrons. The van der Waals surface area contributed by atoms with Crippen molar-refractivity contribution in [1.29, 1.82) is 0 Å². The van der Waals surface area contributed by atoms with E-state index in [0.717, 1.165) is 18.0 Å². The molecule has 90 valence electrons. The minimum Gasteiger partial charge on any atom is -0.328 e. The smallest absolute Gasteiger partial charge is 0.247 e. The third-order valence-electron chi connectivity index (χ3n) is 2.34. The lowest BCUT2D eigenvalue weighted by molar-refractivity contribution is 0.102. The van der Waals surface area contributed by atoms with Gasteiger partial charge in [0.1, 0.15) is 10.7 Å². The van der Waals surface area contributed by atoms with Gasteiger partial charge in [-0.2, -0.15) is 0 Å². The molecule has 0 aliphatic heterocycles. The van der Waals surface area contributed by atoms with Gasteiger partial charge < -0.3 is 10.3 Å². The van der Waals surface area contributed by atoms with Crippen molar-refractivity contribution in [2.24, 2.45) is 5.73 Å². The number of carbonyl (C=O) groups is 1. The summed E-state index contributed by atoms with van der Waals surface area (Å²) in [5, 5.41) is 2.50. The molecule has 0 spiro atoms. The van der Waals surface area contributed by atoms with E-state index in [-0.39, 0.29) is 5.78 Å². The zero-order valence-electron chi connectivity index (χ0n) is 9.59. The molecule has 2 heterocycles. The van der Waals surface area contributed by atoms with E-state index in [1.165, 1.54) is 11.3 Å². The summed E-state index contributed by atoms with van der Waals surface area (Å²) in [4.78, 5) is 20.4. The molecule has 17 heavy (non-hydrogen) atoms. The molecule has 2 rings (SSSR count). The van der Waals surface area contributed by atoms with Crippen LogP contribution in [0, 0.1) is 0 Å². The van der Waals surface area contributed by atoms with Crippen LogP contribution >= 0.6 is 11.3 Å². The summed E-state index contributed by atoms with van der Waals surface area (Å²) in [6, 6.07) is 0. The standard InChI is InChI=1S/C11H14N4OS/c1-2-4-15-5-3-13-11(15)10(16)8-7-17-9(6-12)14-8/h3,5,7H,2,4,6,12H2,1H3. The van der Waals surface area contributed by atoms with Crippen LogP contribution in [0.2, 0.25) is 0 Å². The Kier molecular flexibility index (Phi) is 3.65. The van der Waals surface area contributed by atoms with Gasteiger partial charge in [0, 0.05) is 30.9 Å². The zero-order chi connectivity index (χ0) is 12.3. The molecule has 0 aliphatic rings. The minimum atomic E-state index is -0.139. The highest BCUT2D eigenvalue weighted by Gasteiger charge is 2.17. The van der Waals surface area contributed by atoms with Gasteiger partial charge in [0.25, 0.3) is 0 Å². The van der Waals surface area contributed by atoms with Gasteiger partial charge in [-0.15, -0.1) is 11.3 Å². The summed E-state index contributed by atoms with van der Waals surface area (Å²) < 4.78 is 1.85. The lowest BCUT2D eigenvalue weighted by Crippen LogP contribution is -2.12. The largest absolute Gasteiger partial charge is 0.328 e. The number of nitrogens with two attached hydrogens (primary N) is 1. The Hall–Kier alpha value is -1.53. The molecule has 0 amide bonds. The Morgan fingerprint density at radius 3 is 3.06 bits per heavy atom. The van der Waals surface area contributed by atoms with Crippen molar-refractivity contribution in [2.75, 3.05) is 0 Å². The Labute approximate surface area is 103 Å². The van der Waals surface area contributed by atoms with E-state index >= 15 is 0 Å². The van der Waals surface area contributed by atoms with Crippen LogP contribution in [0.15, 0.2) is 17.8 Å². The van der Waals surface area contributed by atoms with Crippen molar-refractivity contribution >= 4 is 17.1 Å². The van der Waals surface area contributed by atoms with Gasteiger partial charge in [-0.05, 0) is 6.42 Å². The molecular formula is C11H14N4OS. The summed E-state index contributed by atoms with van der Waals surface area (Å²) in [6.07, 6.45) is 4.41. The van der Waals surface area contributed by atoms with Crippen molar-refractivity contribution in [1.82, 2.24) is 14.5 Å². The Morgan fingerprint density at radius 2 is 2.41 bits per heavy atom. The summed E-state index contributed by atoms with van der Waals surface area (Å²) in [5.74, 6) is 0.306. The Bertz CT molecular complexity index is 517. The topological polar surface area (TPSA) is 73.8 Å². The lowest BCUT2D eigenvalue weighted by Gasteiger charge is -2.03. The first-order chi connectivity index (χ1) is 8.26. The highest BCUT2D eigenvalue weighted by Crippen LogP contribution is 2.13. The molecule has 5 nitrogen and oxygen atoms in total. The van der Waals surface area contributed by atoms with Crippen LogP contribution in [0.1, 0.15) is 34.7 Å². The maximum atomic E-state index is 12.2. The average Bonchev–Trinajstić information content (AvgIpc) is 2.97. The van der Waals surface area contributed by atoms with Crippen LogP contribution < -0.4 is 5.73 Å². The zero-order valence-corrected chi connectivity index (χ0v) is 10.4. The summed E-state index contributed by atoms with van der Waals surface area (Å²) in [7, 11) is 0. The molecule has 2 aromatic heterocycles. The predicted molar refractivity (Wildman–Crippen MR) is 66.0 cm³/mol. The second kappa shape index (κ2) is 5.20. The number of imidazole rings is 1. The van der Waals surface area contributed by atoms with E-state index in [4.69, 9.17) is 5.73 Å². The van der Waals surface area contributed by atoms with E-state index < -0.39 is 0 Å². The van der Waals surface area contributed by atoms with E-state index in [1.807, 2.05) is 10.8 Å². The molecule has 0 aliphatic carbocycles. The third kappa shape index (κ3) is 2.42. The number of carbonyl (C=O) groups excluding carboxylic acids is 1. The van der Waals surface area contributed by atoms with Crippen molar-refractivity contribution in [2.45, 2.75) is 26.4 Å². The van der Waals surface area contributed by atoms with Crippen LogP contribution in [0.3, 0.4) is 0 Å². The molecule has 0 saturated heterocycles. The van der Waals surface area contributed by atoms with Crippen molar-refractivity contribution < 1.29 is 4.79 Å². The second-order valence-electron chi connectivity index (χ2n) is 3.60. The third-order valence-corrected chi connectivity index (χ3v) is 3.21. The number of aryl methyl sites for hydroxylation is 1. The minimum absolute atomic E-state index is 0.139. The molecule has 0 fully saturated rings. The fraction of sp³-hybridized carbons (Fsp3) is 0.364. The van der Waals surface area contributed by atoms with E-state index in [2.05, 4.69) is 16.9 Å². The molecule has 0 atom stereocenters. The molecule has 2 aromatic rings.